The average molecular weight is 959 g/mol. The number of hydrogen-bond acceptors (Lipinski definition) is 4. The van der Waals surface area contributed by atoms with Gasteiger partial charge in [-0.05, 0) is 182 Å². The molecule has 0 N–H and O–H groups in total. The summed E-state index contributed by atoms with van der Waals surface area (Å²) in [4.78, 5) is 9.67. The molecular weight excluding hydrogens is 897 g/mol. The molecule has 0 amide bonds. The number of rotatable bonds is 9. The second kappa shape index (κ2) is 18.2. The smallest absolute Gasteiger partial charge is 0.0504 e. The van der Waals surface area contributed by atoms with E-state index in [2.05, 4.69) is 306 Å². The van der Waals surface area contributed by atoms with E-state index in [0.29, 0.717) is 0 Å². The van der Waals surface area contributed by atoms with Crippen molar-refractivity contribution in [2.45, 2.75) is 66.2 Å². The molecule has 0 fully saturated rings. The molecule has 0 aromatic heterocycles. The lowest BCUT2D eigenvalue weighted by Crippen LogP contribution is -2.31. The van der Waals surface area contributed by atoms with Gasteiger partial charge in [-0.1, -0.05) is 159 Å². The van der Waals surface area contributed by atoms with Crippen molar-refractivity contribution in [1.29, 1.82) is 0 Å². The lowest BCUT2D eigenvalue weighted by Gasteiger charge is -2.43. The Morgan fingerprint density at radius 1 is 0.270 bits per heavy atom. The molecule has 0 bridgehead atoms. The zero-order valence-electron chi connectivity index (χ0n) is 43.7. The number of nitrogens with zero attached hydrogens (tertiary/aromatic N) is 4. The fourth-order valence-electron chi connectivity index (χ4n) is 11.6. The van der Waals surface area contributed by atoms with Crippen LogP contribution in [0.25, 0.3) is 11.1 Å². The lowest BCUT2D eigenvalue weighted by molar-refractivity contribution is 0.631. The zero-order chi connectivity index (χ0) is 50.9. The van der Waals surface area contributed by atoms with Crippen LogP contribution in [0.15, 0.2) is 231 Å². The van der Waals surface area contributed by atoms with E-state index in [-0.39, 0.29) is 10.8 Å². The first-order valence-corrected chi connectivity index (χ1v) is 26.0. The van der Waals surface area contributed by atoms with Gasteiger partial charge in [-0.25, -0.2) is 0 Å². The van der Waals surface area contributed by atoms with Gasteiger partial charge >= 0.3 is 0 Å². The Kier molecular flexibility index (Phi) is 11.4. The molecule has 0 radical (unpaired) electrons. The predicted molar refractivity (Wildman–Crippen MR) is 314 cm³/mol. The highest BCUT2D eigenvalue weighted by atomic mass is 15.2. The normalized spacial score (nSPS) is 13.8. The number of fused-ring (bicyclic) bond motifs is 4. The van der Waals surface area contributed by atoms with Crippen molar-refractivity contribution >= 4 is 68.2 Å². The third kappa shape index (κ3) is 8.02. The molecule has 0 saturated heterocycles. The highest BCUT2D eigenvalue weighted by molar-refractivity contribution is 5.91. The van der Waals surface area contributed by atoms with Crippen LogP contribution in [0.4, 0.5) is 68.2 Å². The van der Waals surface area contributed by atoms with Gasteiger partial charge in [0.2, 0.25) is 0 Å². The van der Waals surface area contributed by atoms with Crippen LogP contribution in [0, 0.1) is 27.7 Å². The Morgan fingerprint density at radius 3 is 0.905 bits per heavy atom. The highest BCUT2D eigenvalue weighted by Crippen LogP contribution is 2.55. The molecule has 0 atom stereocenters. The Labute approximate surface area is 438 Å². The second-order valence-electron chi connectivity index (χ2n) is 21.5. The lowest BCUT2D eigenvalue weighted by atomic mass is 9.73. The number of para-hydroxylation sites is 2. The van der Waals surface area contributed by atoms with E-state index in [4.69, 9.17) is 0 Å². The van der Waals surface area contributed by atoms with Crippen molar-refractivity contribution in [3.63, 3.8) is 0 Å². The van der Waals surface area contributed by atoms with Gasteiger partial charge in [-0.15, -0.1) is 0 Å². The van der Waals surface area contributed by atoms with Crippen LogP contribution in [0.3, 0.4) is 0 Å². The van der Waals surface area contributed by atoms with Crippen molar-refractivity contribution in [2.75, 3.05) is 19.6 Å². The summed E-state index contributed by atoms with van der Waals surface area (Å²) < 4.78 is 0. The number of hydrogen-bond donors (Lipinski definition) is 0. The van der Waals surface area contributed by atoms with Gasteiger partial charge < -0.3 is 19.6 Å². The largest absolute Gasteiger partial charge is 0.310 e. The first-order chi connectivity index (χ1) is 35.8. The molecule has 4 nitrogen and oxygen atoms in total. The van der Waals surface area contributed by atoms with Crippen LogP contribution < -0.4 is 19.6 Å². The minimum atomic E-state index is -0.243. The quantitative estimate of drug-likeness (QED) is 0.143. The van der Waals surface area contributed by atoms with Crippen LogP contribution in [0.5, 0.6) is 0 Å². The van der Waals surface area contributed by atoms with Crippen LogP contribution in [-0.4, -0.2) is 0 Å². The van der Waals surface area contributed by atoms with Gasteiger partial charge in [0, 0.05) is 56.3 Å². The standard InChI is InChI=1S/C70H62N4/c1-47-19-29-57(30-20-47)73-65-39-23-49(3)43-61(65)69(5,6)63-45-59(37-41-67(63)73)71(53-15-11-9-12-16-53)55-33-25-51(26-34-55)52-27-35-56(36-28-52)72(54-17-13-10-14-18-54)60-38-42-68-64(46-60)70(7,8)62-44-50(4)24-40-66(62)74(68)58-31-21-48(2)22-32-58/h9-46H,1-8H3. The molecule has 10 aromatic carbocycles. The fraction of sp³-hybridized carbons (Fsp3) is 0.143. The average Bonchev–Trinajstić information content (AvgIpc) is 3.44. The first kappa shape index (κ1) is 46.5. The minimum absolute atomic E-state index is 0.243. The van der Waals surface area contributed by atoms with Gasteiger partial charge in [0.05, 0.1) is 22.7 Å². The Hall–Kier alpha value is -8.60. The Morgan fingerprint density at radius 2 is 0.554 bits per heavy atom. The van der Waals surface area contributed by atoms with Crippen LogP contribution >= 0.6 is 0 Å². The number of aryl methyl sites for hydroxylation is 4. The molecule has 2 heterocycles. The van der Waals surface area contributed by atoms with Crippen LogP contribution in [0.2, 0.25) is 0 Å². The van der Waals surface area contributed by atoms with Crippen LogP contribution in [0.1, 0.15) is 72.2 Å². The summed E-state index contributed by atoms with van der Waals surface area (Å²) in [5.41, 5.74) is 26.0. The third-order valence-electron chi connectivity index (χ3n) is 15.6. The van der Waals surface area contributed by atoms with E-state index in [0.717, 1.165) is 56.6 Å². The zero-order valence-corrected chi connectivity index (χ0v) is 43.7. The molecule has 2 aliphatic rings. The van der Waals surface area contributed by atoms with Crippen molar-refractivity contribution < 1.29 is 0 Å². The van der Waals surface area contributed by atoms with E-state index in [9.17, 15) is 0 Å². The Bertz CT molecular complexity index is 3440. The molecule has 12 rings (SSSR count). The first-order valence-electron chi connectivity index (χ1n) is 26.0. The molecule has 4 heteroatoms. The molecular formula is C70H62N4. The molecule has 0 aliphatic carbocycles. The summed E-state index contributed by atoms with van der Waals surface area (Å²) in [5, 5.41) is 0. The van der Waals surface area contributed by atoms with Crippen molar-refractivity contribution in [3.8, 4) is 11.1 Å². The summed E-state index contributed by atoms with van der Waals surface area (Å²) in [7, 11) is 0. The topological polar surface area (TPSA) is 13.0 Å². The fourth-order valence-corrected chi connectivity index (χ4v) is 11.6. The van der Waals surface area contributed by atoms with E-state index in [1.165, 1.54) is 67.3 Å². The van der Waals surface area contributed by atoms with Crippen molar-refractivity contribution in [2.24, 2.45) is 0 Å². The minimum Gasteiger partial charge on any atom is -0.310 e. The Balaban J connectivity index is 0.896. The molecule has 362 valence electrons. The van der Waals surface area contributed by atoms with Gasteiger partial charge in [0.25, 0.3) is 0 Å². The summed E-state index contributed by atoms with van der Waals surface area (Å²) >= 11 is 0. The van der Waals surface area contributed by atoms with E-state index >= 15 is 0 Å². The SMILES string of the molecule is Cc1ccc(N2c3ccc(C)cc3C(C)(C)c3cc(N(c4ccccc4)c4ccc(-c5ccc(N(c6ccccc6)c6ccc7c(c6)C(C)(C)c6cc(C)ccc6N7c6ccc(C)cc6)cc5)cc4)ccc32)cc1. The molecule has 10 aromatic rings. The molecule has 74 heavy (non-hydrogen) atoms. The number of anilines is 12. The van der Waals surface area contributed by atoms with Gasteiger partial charge in [-0.2, -0.15) is 0 Å². The summed E-state index contributed by atoms with van der Waals surface area (Å²) in [5.74, 6) is 0. The highest BCUT2D eigenvalue weighted by Gasteiger charge is 2.39. The van der Waals surface area contributed by atoms with E-state index < -0.39 is 0 Å². The third-order valence-corrected chi connectivity index (χ3v) is 15.6. The molecule has 2 aliphatic heterocycles. The molecule has 0 spiro atoms. The van der Waals surface area contributed by atoms with E-state index in [1.54, 1.807) is 0 Å². The van der Waals surface area contributed by atoms with Crippen LogP contribution in [-0.2, 0) is 10.8 Å². The van der Waals surface area contributed by atoms with Gasteiger partial charge in [0.1, 0.15) is 0 Å². The second-order valence-corrected chi connectivity index (χ2v) is 21.5. The predicted octanol–water partition coefficient (Wildman–Crippen LogP) is 19.7. The summed E-state index contributed by atoms with van der Waals surface area (Å²) in [6, 6.07) is 85.3. The van der Waals surface area contributed by atoms with Crippen molar-refractivity contribution in [1.82, 2.24) is 0 Å². The summed E-state index contributed by atoms with van der Waals surface area (Å²) in [6.45, 7) is 18.2. The maximum Gasteiger partial charge on any atom is 0.0504 e. The van der Waals surface area contributed by atoms with Gasteiger partial charge in [0.15, 0.2) is 0 Å². The maximum atomic E-state index is 2.44. The van der Waals surface area contributed by atoms with E-state index in [1.807, 2.05) is 0 Å². The number of benzene rings is 10. The molecule has 0 saturated carbocycles. The maximum absolute atomic E-state index is 2.44. The van der Waals surface area contributed by atoms with Crippen molar-refractivity contribution in [3.05, 3.63) is 275 Å². The molecule has 0 unspecified atom stereocenters. The summed E-state index contributed by atoms with van der Waals surface area (Å²) in [6.07, 6.45) is 0. The van der Waals surface area contributed by atoms with Gasteiger partial charge in [-0.3, -0.25) is 0 Å². The monoisotopic (exact) mass is 958 g/mol.